The van der Waals surface area contributed by atoms with Crippen molar-refractivity contribution >= 4 is 0 Å². The Kier molecular flexibility index (Phi) is 5.14. The summed E-state index contributed by atoms with van der Waals surface area (Å²) in [6.45, 7) is 8.68. The lowest BCUT2D eigenvalue weighted by molar-refractivity contribution is 0.122. The largest absolute Gasteiger partial charge is 0.297 e. The van der Waals surface area contributed by atoms with Crippen LogP contribution in [-0.2, 0) is 13.1 Å². The van der Waals surface area contributed by atoms with Crippen molar-refractivity contribution in [2.24, 2.45) is 0 Å². The average molecular weight is 346 g/mol. The fourth-order valence-electron chi connectivity index (χ4n) is 3.60. The van der Waals surface area contributed by atoms with E-state index in [1.54, 1.807) is 0 Å². The summed E-state index contributed by atoms with van der Waals surface area (Å²) < 4.78 is 1.96. The van der Waals surface area contributed by atoms with E-state index in [1.165, 1.54) is 16.7 Å². The SMILES string of the molecule is Cc1cccc(CN2CCN(Cc3cnn(-c4ccccc4)c3)CC2)c1. The highest BCUT2D eigenvalue weighted by Gasteiger charge is 2.17. The number of rotatable bonds is 5. The summed E-state index contributed by atoms with van der Waals surface area (Å²) in [5.41, 5.74) is 5.15. The van der Waals surface area contributed by atoms with Crippen LogP contribution in [0.5, 0.6) is 0 Å². The molecule has 0 radical (unpaired) electrons. The molecule has 0 unspecified atom stereocenters. The van der Waals surface area contributed by atoms with Crippen LogP contribution in [-0.4, -0.2) is 45.8 Å². The summed E-state index contributed by atoms with van der Waals surface area (Å²) in [5, 5.41) is 4.51. The first-order chi connectivity index (χ1) is 12.8. The molecule has 1 aromatic heterocycles. The minimum atomic E-state index is 0.977. The molecule has 4 rings (SSSR count). The lowest BCUT2D eigenvalue weighted by Gasteiger charge is -2.34. The predicted molar refractivity (Wildman–Crippen MR) is 105 cm³/mol. The van der Waals surface area contributed by atoms with Crippen LogP contribution >= 0.6 is 0 Å². The standard InChI is InChI=1S/C22H26N4/c1-19-6-5-7-20(14-19)16-24-10-12-25(13-11-24)17-21-15-23-26(18-21)22-8-3-2-4-9-22/h2-9,14-15,18H,10-13,16-17H2,1H3. The zero-order valence-electron chi connectivity index (χ0n) is 15.4. The second-order valence-electron chi connectivity index (χ2n) is 7.17. The normalized spacial score (nSPS) is 16.0. The number of hydrogen-bond acceptors (Lipinski definition) is 3. The molecule has 1 aliphatic rings. The van der Waals surface area contributed by atoms with E-state index in [4.69, 9.17) is 0 Å². The van der Waals surface area contributed by atoms with E-state index in [0.717, 1.165) is 45.0 Å². The second kappa shape index (κ2) is 7.85. The first-order valence-corrected chi connectivity index (χ1v) is 9.35. The topological polar surface area (TPSA) is 24.3 Å². The number of benzene rings is 2. The van der Waals surface area contributed by atoms with Gasteiger partial charge < -0.3 is 0 Å². The lowest BCUT2D eigenvalue weighted by Crippen LogP contribution is -2.45. The Labute approximate surface area is 155 Å². The molecule has 0 aliphatic carbocycles. The Morgan fingerprint density at radius 3 is 2.19 bits per heavy atom. The number of aryl methyl sites for hydroxylation is 1. The third-order valence-corrected chi connectivity index (χ3v) is 5.02. The van der Waals surface area contributed by atoms with Gasteiger partial charge in [-0.25, -0.2) is 4.68 Å². The third-order valence-electron chi connectivity index (χ3n) is 5.02. The maximum Gasteiger partial charge on any atom is 0.0645 e. The number of para-hydroxylation sites is 1. The monoisotopic (exact) mass is 346 g/mol. The van der Waals surface area contributed by atoms with E-state index in [9.17, 15) is 0 Å². The fraction of sp³-hybridized carbons (Fsp3) is 0.318. The highest BCUT2D eigenvalue weighted by atomic mass is 15.3. The van der Waals surface area contributed by atoms with Crippen molar-refractivity contribution in [1.82, 2.24) is 19.6 Å². The highest BCUT2D eigenvalue weighted by Crippen LogP contribution is 2.13. The lowest BCUT2D eigenvalue weighted by atomic mass is 10.1. The number of aromatic nitrogens is 2. The van der Waals surface area contributed by atoms with Crippen molar-refractivity contribution in [3.63, 3.8) is 0 Å². The molecular formula is C22H26N4. The van der Waals surface area contributed by atoms with E-state index >= 15 is 0 Å². The number of hydrogen-bond donors (Lipinski definition) is 0. The predicted octanol–water partition coefficient (Wildman–Crippen LogP) is 3.50. The molecule has 0 spiro atoms. The van der Waals surface area contributed by atoms with Crippen molar-refractivity contribution in [2.45, 2.75) is 20.0 Å². The van der Waals surface area contributed by atoms with Gasteiger partial charge in [0.1, 0.15) is 0 Å². The molecule has 4 heteroatoms. The molecule has 1 saturated heterocycles. The van der Waals surface area contributed by atoms with Crippen molar-refractivity contribution in [2.75, 3.05) is 26.2 Å². The summed E-state index contributed by atoms with van der Waals surface area (Å²) in [7, 11) is 0. The molecule has 0 saturated carbocycles. The highest BCUT2D eigenvalue weighted by molar-refractivity contribution is 5.30. The zero-order valence-corrected chi connectivity index (χ0v) is 15.4. The third kappa shape index (κ3) is 4.21. The molecule has 4 nitrogen and oxygen atoms in total. The van der Waals surface area contributed by atoms with Gasteiger partial charge in [-0.15, -0.1) is 0 Å². The van der Waals surface area contributed by atoms with Gasteiger partial charge in [0.05, 0.1) is 11.9 Å². The van der Waals surface area contributed by atoms with Gasteiger partial charge >= 0.3 is 0 Å². The van der Waals surface area contributed by atoms with Gasteiger partial charge in [-0.2, -0.15) is 5.10 Å². The van der Waals surface area contributed by atoms with E-state index < -0.39 is 0 Å². The van der Waals surface area contributed by atoms with Crippen LogP contribution in [0.4, 0.5) is 0 Å². The Morgan fingerprint density at radius 2 is 1.50 bits per heavy atom. The smallest absolute Gasteiger partial charge is 0.0645 e. The zero-order chi connectivity index (χ0) is 17.8. The van der Waals surface area contributed by atoms with Gasteiger partial charge in [-0.1, -0.05) is 48.0 Å². The summed E-state index contributed by atoms with van der Waals surface area (Å²) in [6.07, 6.45) is 4.14. The molecule has 2 aromatic carbocycles. The van der Waals surface area contributed by atoms with Crippen LogP contribution in [0.25, 0.3) is 5.69 Å². The Balaban J connectivity index is 1.29. The summed E-state index contributed by atoms with van der Waals surface area (Å²) in [4.78, 5) is 5.08. The van der Waals surface area contributed by atoms with Crippen molar-refractivity contribution in [3.8, 4) is 5.69 Å². The van der Waals surface area contributed by atoms with Crippen LogP contribution in [0, 0.1) is 6.92 Å². The molecular weight excluding hydrogens is 320 g/mol. The van der Waals surface area contributed by atoms with Crippen LogP contribution in [0.1, 0.15) is 16.7 Å². The molecule has 0 atom stereocenters. The van der Waals surface area contributed by atoms with Crippen LogP contribution in [0.15, 0.2) is 67.0 Å². The minimum Gasteiger partial charge on any atom is -0.297 e. The van der Waals surface area contributed by atoms with Gasteiger partial charge in [0.15, 0.2) is 0 Å². The molecule has 26 heavy (non-hydrogen) atoms. The van der Waals surface area contributed by atoms with Crippen LogP contribution in [0.3, 0.4) is 0 Å². The van der Waals surface area contributed by atoms with Gasteiger partial charge in [-0.3, -0.25) is 9.80 Å². The van der Waals surface area contributed by atoms with Crippen molar-refractivity contribution in [3.05, 3.63) is 83.7 Å². The molecule has 2 heterocycles. The van der Waals surface area contributed by atoms with Crippen LogP contribution in [0.2, 0.25) is 0 Å². The molecule has 3 aromatic rings. The van der Waals surface area contributed by atoms with Crippen molar-refractivity contribution < 1.29 is 0 Å². The summed E-state index contributed by atoms with van der Waals surface area (Å²) in [6, 6.07) is 19.1. The second-order valence-corrected chi connectivity index (χ2v) is 7.17. The first kappa shape index (κ1) is 17.0. The molecule has 0 amide bonds. The Hall–Kier alpha value is -2.43. The van der Waals surface area contributed by atoms with Gasteiger partial charge in [0.2, 0.25) is 0 Å². The van der Waals surface area contributed by atoms with E-state index in [2.05, 4.69) is 64.4 Å². The van der Waals surface area contributed by atoms with Gasteiger partial charge in [-0.05, 0) is 24.6 Å². The molecule has 1 aliphatic heterocycles. The van der Waals surface area contributed by atoms with Gasteiger partial charge in [0, 0.05) is 51.0 Å². The van der Waals surface area contributed by atoms with E-state index in [-0.39, 0.29) is 0 Å². The molecule has 0 N–H and O–H groups in total. The van der Waals surface area contributed by atoms with E-state index in [1.807, 2.05) is 29.1 Å². The molecule has 134 valence electrons. The van der Waals surface area contributed by atoms with Crippen LogP contribution < -0.4 is 0 Å². The molecule has 1 fully saturated rings. The minimum absolute atomic E-state index is 0.977. The number of nitrogens with zero attached hydrogens (tertiary/aromatic N) is 4. The quantitative estimate of drug-likeness (QED) is 0.707. The van der Waals surface area contributed by atoms with Gasteiger partial charge in [0.25, 0.3) is 0 Å². The van der Waals surface area contributed by atoms with E-state index in [0.29, 0.717) is 0 Å². The Morgan fingerprint density at radius 1 is 0.808 bits per heavy atom. The average Bonchev–Trinajstić information content (AvgIpc) is 3.13. The fourth-order valence-corrected chi connectivity index (χ4v) is 3.60. The number of piperazine rings is 1. The maximum atomic E-state index is 4.51. The molecule has 0 bridgehead atoms. The first-order valence-electron chi connectivity index (χ1n) is 9.35. The summed E-state index contributed by atoms with van der Waals surface area (Å²) in [5.74, 6) is 0. The van der Waals surface area contributed by atoms with Crippen molar-refractivity contribution in [1.29, 1.82) is 0 Å². The summed E-state index contributed by atoms with van der Waals surface area (Å²) >= 11 is 0. The maximum absolute atomic E-state index is 4.51. The Bertz CT molecular complexity index is 832.